The standard InChI is InChI=1S/C19H19F3N2O2/c20-19(21,22)16-3-1-2-4-17(16)26-15-7-5-14(6-8-15)24-18(25)13-9-11-23-12-10-13/h1-8,13,23H,9-12H2,(H,24,25). The second-order valence-electron chi connectivity index (χ2n) is 6.13. The Bertz CT molecular complexity index is 754. The first-order valence-electron chi connectivity index (χ1n) is 8.39. The van der Waals surface area contributed by atoms with Crippen LogP contribution in [-0.2, 0) is 11.0 Å². The van der Waals surface area contributed by atoms with Crippen LogP contribution in [-0.4, -0.2) is 19.0 Å². The Labute approximate surface area is 149 Å². The largest absolute Gasteiger partial charge is 0.457 e. The van der Waals surface area contributed by atoms with Gasteiger partial charge in [-0.3, -0.25) is 4.79 Å². The normalized spacial score (nSPS) is 15.5. The van der Waals surface area contributed by atoms with Gasteiger partial charge >= 0.3 is 6.18 Å². The van der Waals surface area contributed by atoms with Gasteiger partial charge in [-0.25, -0.2) is 0 Å². The molecule has 0 bridgehead atoms. The molecule has 2 N–H and O–H groups in total. The molecule has 1 saturated heterocycles. The summed E-state index contributed by atoms with van der Waals surface area (Å²) in [5, 5.41) is 6.04. The number of rotatable bonds is 4. The van der Waals surface area contributed by atoms with Gasteiger partial charge in [0.1, 0.15) is 11.5 Å². The third kappa shape index (κ3) is 4.54. The summed E-state index contributed by atoms with van der Waals surface area (Å²) in [5.41, 5.74) is -0.242. The number of anilines is 1. The van der Waals surface area contributed by atoms with Gasteiger partial charge in [0.05, 0.1) is 5.56 Å². The summed E-state index contributed by atoms with van der Waals surface area (Å²) in [6, 6.07) is 11.3. The third-order valence-corrected chi connectivity index (χ3v) is 4.25. The molecule has 1 aliphatic rings. The molecule has 0 radical (unpaired) electrons. The number of ether oxygens (including phenoxy) is 1. The second-order valence-corrected chi connectivity index (χ2v) is 6.13. The highest BCUT2D eigenvalue weighted by Gasteiger charge is 2.34. The van der Waals surface area contributed by atoms with E-state index in [4.69, 9.17) is 4.74 Å². The van der Waals surface area contributed by atoms with Crippen molar-refractivity contribution in [3.63, 3.8) is 0 Å². The lowest BCUT2D eigenvalue weighted by atomic mass is 9.97. The molecule has 0 spiro atoms. The molecule has 2 aromatic carbocycles. The zero-order valence-corrected chi connectivity index (χ0v) is 14.0. The molecule has 0 unspecified atom stereocenters. The number of alkyl halides is 3. The van der Waals surface area contributed by atoms with Crippen LogP contribution in [0.2, 0.25) is 0 Å². The Morgan fingerprint density at radius 2 is 1.69 bits per heavy atom. The van der Waals surface area contributed by atoms with Crippen molar-refractivity contribution in [2.75, 3.05) is 18.4 Å². The van der Waals surface area contributed by atoms with Crippen molar-refractivity contribution in [3.05, 3.63) is 54.1 Å². The molecule has 3 rings (SSSR count). The lowest BCUT2D eigenvalue weighted by Crippen LogP contribution is -2.34. The van der Waals surface area contributed by atoms with Gasteiger partial charge in [-0.2, -0.15) is 13.2 Å². The molecular formula is C19H19F3N2O2. The predicted molar refractivity (Wildman–Crippen MR) is 92.2 cm³/mol. The quantitative estimate of drug-likeness (QED) is 0.844. The van der Waals surface area contributed by atoms with E-state index in [0.717, 1.165) is 32.0 Å². The number of piperidine rings is 1. The number of nitrogens with one attached hydrogen (secondary N) is 2. The fourth-order valence-corrected chi connectivity index (χ4v) is 2.85. The van der Waals surface area contributed by atoms with Gasteiger partial charge in [0.2, 0.25) is 5.91 Å². The fourth-order valence-electron chi connectivity index (χ4n) is 2.85. The van der Waals surface area contributed by atoms with Crippen LogP contribution in [0.1, 0.15) is 18.4 Å². The van der Waals surface area contributed by atoms with Crippen LogP contribution in [0.25, 0.3) is 0 Å². The number of para-hydroxylation sites is 1. The summed E-state index contributed by atoms with van der Waals surface area (Å²) in [7, 11) is 0. The fraction of sp³-hybridized carbons (Fsp3) is 0.316. The van der Waals surface area contributed by atoms with Crippen LogP contribution in [0.15, 0.2) is 48.5 Å². The smallest absolute Gasteiger partial charge is 0.419 e. The van der Waals surface area contributed by atoms with Crippen molar-refractivity contribution in [3.8, 4) is 11.5 Å². The van der Waals surface area contributed by atoms with Crippen molar-refractivity contribution in [2.24, 2.45) is 5.92 Å². The monoisotopic (exact) mass is 364 g/mol. The Morgan fingerprint density at radius 3 is 2.35 bits per heavy atom. The molecule has 26 heavy (non-hydrogen) atoms. The first-order valence-corrected chi connectivity index (χ1v) is 8.39. The summed E-state index contributed by atoms with van der Waals surface area (Å²) in [6.07, 6.45) is -2.90. The second kappa shape index (κ2) is 7.78. The zero-order valence-electron chi connectivity index (χ0n) is 14.0. The summed E-state index contributed by atoms with van der Waals surface area (Å²) < 4.78 is 44.4. The van der Waals surface area contributed by atoms with Crippen molar-refractivity contribution < 1.29 is 22.7 Å². The van der Waals surface area contributed by atoms with Crippen LogP contribution >= 0.6 is 0 Å². The molecule has 0 atom stereocenters. The lowest BCUT2D eigenvalue weighted by Gasteiger charge is -2.21. The maximum Gasteiger partial charge on any atom is 0.419 e. The molecule has 7 heteroatoms. The third-order valence-electron chi connectivity index (χ3n) is 4.25. The van der Waals surface area contributed by atoms with Gasteiger partial charge in [-0.15, -0.1) is 0 Å². The van der Waals surface area contributed by atoms with Crippen LogP contribution in [0.4, 0.5) is 18.9 Å². The highest BCUT2D eigenvalue weighted by molar-refractivity contribution is 5.92. The minimum atomic E-state index is -4.49. The molecule has 1 fully saturated rings. The van der Waals surface area contributed by atoms with E-state index in [1.54, 1.807) is 12.1 Å². The summed E-state index contributed by atoms with van der Waals surface area (Å²) in [4.78, 5) is 12.2. The van der Waals surface area contributed by atoms with Crippen molar-refractivity contribution in [1.29, 1.82) is 0 Å². The average Bonchev–Trinajstić information content (AvgIpc) is 2.63. The summed E-state index contributed by atoms with van der Waals surface area (Å²) in [5.74, 6) is -0.0542. The number of hydrogen-bond acceptors (Lipinski definition) is 3. The number of halogens is 3. The van der Waals surface area contributed by atoms with E-state index in [9.17, 15) is 18.0 Å². The average molecular weight is 364 g/mol. The van der Waals surface area contributed by atoms with Crippen LogP contribution < -0.4 is 15.4 Å². The predicted octanol–water partition coefficient (Wildman–Crippen LogP) is 4.44. The van der Waals surface area contributed by atoms with Crippen molar-refractivity contribution >= 4 is 11.6 Å². The number of benzene rings is 2. The SMILES string of the molecule is O=C(Nc1ccc(Oc2ccccc2C(F)(F)F)cc1)C1CCNCC1. The first kappa shape index (κ1) is 18.3. The van der Waals surface area contributed by atoms with Gasteiger partial charge in [0.15, 0.2) is 0 Å². The van der Waals surface area contributed by atoms with Crippen molar-refractivity contribution in [1.82, 2.24) is 5.32 Å². The Kier molecular flexibility index (Phi) is 5.46. The van der Waals surface area contributed by atoms with E-state index < -0.39 is 11.7 Å². The van der Waals surface area contributed by atoms with Gasteiger partial charge in [0, 0.05) is 11.6 Å². The maximum atomic E-state index is 13.0. The molecule has 1 amide bonds. The number of carbonyl (C=O) groups excluding carboxylic acids is 1. The zero-order chi connectivity index (χ0) is 18.6. The Balaban J connectivity index is 1.66. The molecule has 2 aromatic rings. The van der Waals surface area contributed by atoms with E-state index in [-0.39, 0.29) is 23.3 Å². The molecule has 1 aliphatic heterocycles. The van der Waals surface area contributed by atoms with E-state index in [1.165, 1.54) is 30.3 Å². The number of hydrogen-bond donors (Lipinski definition) is 2. The van der Waals surface area contributed by atoms with Crippen LogP contribution in [0.5, 0.6) is 11.5 Å². The molecule has 1 heterocycles. The lowest BCUT2D eigenvalue weighted by molar-refractivity contribution is -0.138. The Hall–Kier alpha value is -2.54. The molecule has 4 nitrogen and oxygen atoms in total. The van der Waals surface area contributed by atoms with E-state index in [0.29, 0.717) is 5.69 Å². The van der Waals surface area contributed by atoms with Gasteiger partial charge in [-0.1, -0.05) is 12.1 Å². The molecule has 138 valence electrons. The summed E-state index contributed by atoms with van der Waals surface area (Å²) >= 11 is 0. The maximum absolute atomic E-state index is 13.0. The van der Waals surface area contributed by atoms with E-state index in [2.05, 4.69) is 10.6 Å². The topological polar surface area (TPSA) is 50.4 Å². The highest BCUT2D eigenvalue weighted by Crippen LogP contribution is 2.38. The number of amides is 1. The van der Waals surface area contributed by atoms with Gasteiger partial charge in [0.25, 0.3) is 0 Å². The van der Waals surface area contributed by atoms with Crippen molar-refractivity contribution in [2.45, 2.75) is 19.0 Å². The van der Waals surface area contributed by atoms with Crippen LogP contribution in [0.3, 0.4) is 0 Å². The van der Waals surface area contributed by atoms with Crippen LogP contribution in [0, 0.1) is 5.92 Å². The summed E-state index contributed by atoms with van der Waals surface area (Å²) in [6.45, 7) is 1.65. The van der Waals surface area contributed by atoms with Gasteiger partial charge < -0.3 is 15.4 Å². The number of carbonyl (C=O) groups is 1. The minimum Gasteiger partial charge on any atom is -0.457 e. The first-order chi connectivity index (χ1) is 12.4. The highest BCUT2D eigenvalue weighted by atomic mass is 19.4. The van der Waals surface area contributed by atoms with E-state index in [1.807, 2.05) is 0 Å². The minimum absolute atomic E-state index is 0.0224. The molecule has 0 saturated carbocycles. The van der Waals surface area contributed by atoms with E-state index >= 15 is 0 Å². The molecule has 0 aromatic heterocycles. The molecule has 0 aliphatic carbocycles. The van der Waals surface area contributed by atoms with Gasteiger partial charge in [-0.05, 0) is 62.3 Å². The Morgan fingerprint density at radius 1 is 1.04 bits per heavy atom. The molecular weight excluding hydrogens is 345 g/mol.